The Hall–Kier alpha value is -2.28. The van der Waals surface area contributed by atoms with E-state index in [-0.39, 0.29) is 11.7 Å². The summed E-state index contributed by atoms with van der Waals surface area (Å²) in [5.74, 6) is -0.187. The molecule has 0 radical (unpaired) electrons. The van der Waals surface area contributed by atoms with Crippen molar-refractivity contribution in [2.75, 3.05) is 15.8 Å². The van der Waals surface area contributed by atoms with Crippen LogP contribution in [0, 0.1) is 0 Å². The largest absolute Gasteiger partial charge is 0.472 e. The summed E-state index contributed by atoms with van der Waals surface area (Å²) in [5.41, 5.74) is 1.46. The zero-order valence-electron chi connectivity index (χ0n) is 12.2. The quantitative estimate of drug-likeness (QED) is 0.820. The highest BCUT2D eigenvalue weighted by Crippen LogP contribution is 2.16. The van der Waals surface area contributed by atoms with E-state index in [2.05, 4.69) is 10.0 Å². The van der Waals surface area contributed by atoms with Crippen LogP contribution in [0.2, 0.25) is 0 Å². The molecule has 2 aromatic rings. The average molecular weight is 322 g/mol. The third-order valence-corrected chi connectivity index (χ3v) is 4.34. The Kier molecular flexibility index (Phi) is 5.21. The molecule has 7 heteroatoms. The second kappa shape index (κ2) is 7.13. The predicted octanol–water partition coefficient (Wildman–Crippen LogP) is 3.07. The lowest BCUT2D eigenvalue weighted by molar-refractivity contribution is 0.102. The zero-order chi connectivity index (χ0) is 16.0. The van der Waals surface area contributed by atoms with Gasteiger partial charge in [0.05, 0.1) is 17.6 Å². The summed E-state index contributed by atoms with van der Waals surface area (Å²) in [5, 5.41) is 2.69. The number of benzene rings is 1. The first-order valence-corrected chi connectivity index (χ1v) is 8.59. The number of nitrogens with one attached hydrogen (secondary N) is 2. The summed E-state index contributed by atoms with van der Waals surface area (Å²) in [6.07, 6.45) is 4.21. The van der Waals surface area contributed by atoms with Gasteiger partial charge in [-0.15, -0.1) is 0 Å². The highest BCUT2D eigenvalue weighted by Gasteiger charge is 2.10. The van der Waals surface area contributed by atoms with Gasteiger partial charge in [-0.3, -0.25) is 9.52 Å². The van der Waals surface area contributed by atoms with Crippen LogP contribution in [0.5, 0.6) is 0 Å². The van der Waals surface area contributed by atoms with E-state index < -0.39 is 10.0 Å². The van der Waals surface area contributed by atoms with E-state index in [4.69, 9.17) is 4.42 Å². The number of amides is 1. The lowest BCUT2D eigenvalue weighted by Crippen LogP contribution is -2.16. The molecule has 0 spiro atoms. The van der Waals surface area contributed by atoms with Crippen molar-refractivity contribution >= 4 is 27.3 Å². The van der Waals surface area contributed by atoms with Crippen LogP contribution in [0.3, 0.4) is 0 Å². The van der Waals surface area contributed by atoms with Crippen LogP contribution in [-0.2, 0) is 10.0 Å². The lowest BCUT2D eigenvalue weighted by Gasteiger charge is -2.09. The van der Waals surface area contributed by atoms with Crippen molar-refractivity contribution in [2.24, 2.45) is 0 Å². The van der Waals surface area contributed by atoms with E-state index in [1.165, 1.54) is 12.5 Å². The summed E-state index contributed by atoms with van der Waals surface area (Å²) < 4.78 is 30.9. The zero-order valence-corrected chi connectivity index (χ0v) is 13.0. The first-order valence-electron chi connectivity index (χ1n) is 6.94. The fourth-order valence-electron chi connectivity index (χ4n) is 1.78. The standard InChI is InChI=1S/C15H18N2O4S/c1-2-3-10-22(19,20)17-14-6-4-13(5-7-14)16-15(18)12-8-9-21-11-12/h4-9,11,17H,2-3,10H2,1H3,(H,16,18). The third kappa shape index (κ3) is 4.63. The number of carbonyl (C=O) groups is 1. The molecular formula is C15H18N2O4S. The van der Waals surface area contributed by atoms with Crippen LogP contribution in [0.25, 0.3) is 0 Å². The number of anilines is 2. The monoisotopic (exact) mass is 322 g/mol. The minimum atomic E-state index is -3.32. The highest BCUT2D eigenvalue weighted by molar-refractivity contribution is 7.92. The van der Waals surface area contributed by atoms with Gasteiger partial charge in [0, 0.05) is 11.4 Å². The van der Waals surface area contributed by atoms with Gasteiger partial charge >= 0.3 is 0 Å². The summed E-state index contributed by atoms with van der Waals surface area (Å²) in [6.45, 7) is 1.94. The first-order chi connectivity index (χ1) is 10.5. The number of carbonyl (C=O) groups excluding carboxylic acids is 1. The van der Waals surface area contributed by atoms with Gasteiger partial charge in [0.15, 0.2) is 0 Å². The molecule has 0 aliphatic rings. The minimum absolute atomic E-state index is 0.0997. The predicted molar refractivity (Wildman–Crippen MR) is 85.4 cm³/mol. The molecule has 118 valence electrons. The number of hydrogen-bond donors (Lipinski definition) is 2. The molecule has 0 aliphatic heterocycles. The maximum atomic E-state index is 11.8. The topological polar surface area (TPSA) is 88.4 Å². The molecule has 0 atom stereocenters. The van der Waals surface area contributed by atoms with Gasteiger partial charge in [-0.2, -0.15) is 0 Å². The van der Waals surface area contributed by atoms with E-state index in [9.17, 15) is 13.2 Å². The van der Waals surface area contributed by atoms with E-state index in [1.807, 2.05) is 6.92 Å². The van der Waals surface area contributed by atoms with Crippen LogP contribution in [0.1, 0.15) is 30.1 Å². The Morgan fingerprint density at radius 1 is 1.14 bits per heavy atom. The average Bonchev–Trinajstić information content (AvgIpc) is 3.01. The Morgan fingerprint density at radius 2 is 1.82 bits per heavy atom. The molecule has 2 N–H and O–H groups in total. The third-order valence-electron chi connectivity index (χ3n) is 2.97. The fraction of sp³-hybridized carbons (Fsp3) is 0.267. The number of rotatable bonds is 7. The Labute approximate surface area is 129 Å². The molecule has 1 amide bonds. The number of furan rings is 1. The van der Waals surface area contributed by atoms with E-state index >= 15 is 0 Å². The normalized spacial score (nSPS) is 11.1. The van der Waals surface area contributed by atoms with Crippen LogP contribution >= 0.6 is 0 Å². The van der Waals surface area contributed by atoms with Gasteiger partial charge in [0.25, 0.3) is 5.91 Å². The maximum absolute atomic E-state index is 11.8. The molecular weight excluding hydrogens is 304 g/mol. The Bertz CT molecular complexity index is 707. The van der Waals surface area contributed by atoms with Gasteiger partial charge in [-0.05, 0) is 36.8 Å². The van der Waals surface area contributed by atoms with Crippen molar-refractivity contribution in [3.05, 3.63) is 48.4 Å². The molecule has 0 saturated heterocycles. The van der Waals surface area contributed by atoms with Gasteiger partial charge in [-0.1, -0.05) is 13.3 Å². The molecule has 0 bridgehead atoms. The highest BCUT2D eigenvalue weighted by atomic mass is 32.2. The van der Waals surface area contributed by atoms with Gasteiger partial charge in [-0.25, -0.2) is 8.42 Å². The van der Waals surface area contributed by atoms with Gasteiger partial charge in [0.2, 0.25) is 10.0 Å². The van der Waals surface area contributed by atoms with Gasteiger partial charge < -0.3 is 9.73 Å². The van der Waals surface area contributed by atoms with Gasteiger partial charge in [0.1, 0.15) is 6.26 Å². The molecule has 0 saturated carbocycles. The van der Waals surface area contributed by atoms with Crippen LogP contribution in [-0.4, -0.2) is 20.1 Å². The molecule has 22 heavy (non-hydrogen) atoms. The molecule has 0 aliphatic carbocycles. The molecule has 1 aromatic heterocycles. The van der Waals surface area contributed by atoms with Crippen LogP contribution in [0.4, 0.5) is 11.4 Å². The number of sulfonamides is 1. The SMILES string of the molecule is CCCCS(=O)(=O)Nc1ccc(NC(=O)c2ccoc2)cc1. The molecule has 1 heterocycles. The van der Waals surface area contributed by atoms with E-state index in [1.54, 1.807) is 30.3 Å². The van der Waals surface area contributed by atoms with E-state index in [0.717, 1.165) is 6.42 Å². The molecule has 1 aromatic carbocycles. The second-order valence-electron chi connectivity index (χ2n) is 4.82. The fourth-order valence-corrected chi connectivity index (χ4v) is 3.05. The van der Waals surface area contributed by atoms with Crippen molar-refractivity contribution < 1.29 is 17.6 Å². The van der Waals surface area contributed by atoms with Crippen molar-refractivity contribution in [3.8, 4) is 0 Å². The van der Waals surface area contributed by atoms with Crippen LogP contribution in [0.15, 0.2) is 47.3 Å². The smallest absolute Gasteiger partial charge is 0.258 e. The first kappa shape index (κ1) is 16.1. The molecule has 0 unspecified atom stereocenters. The second-order valence-corrected chi connectivity index (χ2v) is 6.66. The summed E-state index contributed by atoms with van der Waals surface area (Å²) >= 11 is 0. The van der Waals surface area contributed by atoms with Crippen molar-refractivity contribution in [2.45, 2.75) is 19.8 Å². The Balaban J connectivity index is 1.97. The van der Waals surface area contributed by atoms with Crippen molar-refractivity contribution in [1.29, 1.82) is 0 Å². The van der Waals surface area contributed by atoms with Crippen molar-refractivity contribution in [3.63, 3.8) is 0 Å². The lowest BCUT2D eigenvalue weighted by atomic mass is 10.2. The number of unbranched alkanes of at least 4 members (excludes halogenated alkanes) is 1. The summed E-state index contributed by atoms with van der Waals surface area (Å²) in [6, 6.07) is 8.04. The number of hydrogen-bond acceptors (Lipinski definition) is 4. The summed E-state index contributed by atoms with van der Waals surface area (Å²) in [7, 11) is -3.32. The molecule has 2 rings (SSSR count). The Morgan fingerprint density at radius 3 is 2.41 bits per heavy atom. The summed E-state index contributed by atoms with van der Waals surface area (Å²) in [4.78, 5) is 11.8. The van der Waals surface area contributed by atoms with Crippen molar-refractivity contribution in [1.82, 2.24) is 0 Å². The van der Waals surface area contributed by atoms with E-state index in [0.29, 0.717) is 23.4 Å². The minimum Gasteiger partial charge on any atom is -0.472 e. The molecule has 6 nitrogen and oxygen atoms in total. The maximum Gasteiger partial charge on any atom is 0.258 e. The van der Waals surface area contributed by atoms with Crippen LogP contribution < -0.4 is 10.0 Å². The molecule has 0 fully saturated rings.